The van der Waals surface area contributed by atoms with Gasteiger partial charge in [0.1, 0.15) is 0 Å². The Balaban J connectivity index is 2.18. The molecule has 1 aliphatic rings. The van der Waals surface area contributed by atoms with Gasteiger partial charge in [-0.2, -0.15) is 0 Å². The fraction of sp³-hybridized carbons (Fsp3) is 0.538. The molecule has 0 aromatic heterocycles. The summed E-state index contributed by atoms with van der Waals surface area (Å²) in [6.45, 7) is 2.40. The van der Waals surface area contributed by atoms with Crippen LogP contribution in [-0.2, 0) is 5.33 Å². The summed E-state index contributed by atoms with van der Waals surface area (Å²) in [6.07, 6.45) is 5.42. The Morgan fingerprint density at radius 1 is 1.06 bits per heavy atom. The minimum absolute atomic E-state index is 0.922. The highest BCUT2D eigenvalue weighted by atomic mass is 79.9. The zero-order valence-electron chi connectivity index (χ0n) is 9.38. The van der Waals surface area contributed by atoms with Crippen molar-refractivity contribution < 1.29 is 0 Å². The monoisotopic (exact) mass is 345 g/mol. The number of hydrogen-bond acceptors (Lipinski definition) is 1. The lowest BCUT2D eigenvalue weighted by atomic mass is 10.2. The van der Waals surface area contributed by atoms with Crippen LogP contribution in [0.1, 0.15) is 31.2 Å². The van der Waals surface area contributed by atoms with Gasteiger partial charge in [0.2, 0.25) is 0 Å². The predicted molar refractivity (Wildman–Crippen MR) is 77.5 cm³/mol. The van der Waals surface area contributed by atoms with Crippen molar-refractivity contribution in [1.82, 2.24) is 0 Å². The number of alkyl halides is 1. The van der Waals surface area contributed by atoms with Crippen molar-refractivity contribution >= 4 is 37.5 Å². The van der Waals surface area contributed by atoms with Crippen LogP contribution in [0, 0.1) is 0 Å². The smallest absolute Gasteiger partial charge is 0.0510 e. The average Bonchev–Trinajstić information content (AvgIpc) is 2.57. The lowest BCUT2D eigenvalue weighted by molar-refractivity contribution is 0.726. The SMILES string of the molecule is BrCc1ccc(N2CCCCCC2)c(Br)c1. The zero-order valence-corrected chi connectivity index (χ0v) is 12.6. The van der Waals surface area contributed by atoms with Gasteiger partial charge >= 0.3 is 0 Å². The summed E-state index contributed by atoms with van der Waals surface area (Å²) >= 11 is 7.18. The quantitative estimate of drug-likeness (QED) is 0.700. The fourth-order valence-corrected chi connectivity index (χ4v) is 3.23. The molecule has 0 saturated carbocycles. The molecule has 88 valence electrons. The molecule has 0 aliphatic carbocycles. The van der Waals surface area contributed by atoms with E-state index in [0.29, 0.717) is 0 Å². The Kier molecular flexibility index (Phi) is 4.71. The van der Waals surface area contributed by atoms with Crippen LogP contribution in [0.3, 0.4) is 0 Å². The van der Waals surface area contributed by atoms with E-state index in [0.717, 1.165) is 5.33 Å². The van der Waals surface area contributed by atoms with Crippen molar-refractivity contribution in [2.45, 2.75) is 31.0 Å². The summed E-state index contributed by atoms with van der Waals surface area (Å²) in [5.74, 6) is 0. The van der Waals surface area contributed by atoms with Crippen LogP contribution in [0.15, 0.2) is 22.7 Å². The molecule has 1 saturated heterocycles. The summed E-state index contributed by atoms with van der Waals surface area (Å²) < 4.78 is 1.23. The van der Waals surface area contributed by atoms with E-state index in [1.165, 1.54) is 54.5 Å². The molecule has 1 heterocycles. The number of benzene rings is 1. The first-order valence-corrected chi connectivity index (χ1v) is 7.82. The van der Waals surface area contributed by atoms with Crippen LogP contribution < -0.4 is 4.90 Å². The number of anilines is 1. The van der Waals surface area contributed by atoms with Crippen molar-refractivity contribution in [1.29, 1.82) is 0 Å². The second-order valence-corrected chi connectivity index (χ2v) is 5.74. The molecule has 1 fully saturated rings. The van der Waals surface area contributed by atoms with E-state index < -0.39 is 0 Å². The average molecular weight is 347 g/mol. The first kappa shape index (κ1) is 12.4. The van der Waals surface area contributed by atoms with E-state index in [1.54, 1.807) is 0 Å². The van der Waals surface area contributed by atoms with Gasteiger partial charge in [-0.05, 0) is 46.5 Å². The highest BCUT2D eigenvalue weighted by molar-refractivity contribution is 9.10. The fourth-order valence-electron chi connectivity index (χ4n) is 2.20. The Morgan fingerprint density at radius 3 is 2.31 bits per heavy atom. The van der Waals surface area contributed by atoms with Crippen LogP contribution in [0.5, 0.6) is 0 Å². The first-order chi connectivity index (χ1) is 7.81. The maximum Gasteiger partial charge on any atom is 0.0510 e. The molecular formula is C13H17Br2N. The molecule has 0 bridgehead atoms. The summed E-state index contributed by atoms with van der Waals surface area (Å²) in [5.41, 5.74) is 2.68. The van der Waals surface area contributed by atoms with Crippen molar-refractivity contribution in [2.24, 2.45) is 0 Å². The largest absolute Gasteiger partial charge is 0.371 e. The van der Waals surface area contributed by atoms with Crippen molar-refractivity contribution in [3.63, 3.8) is 0 Å². The van der Waals surface area contributed by atoms with Gasteiger partial charge in [-0.15, -0.1) is 0 Å². The Bertz CT molecular complexity index is 344. The maximum absolute atomic E-state index is 3.69. The van der Waals surface area contributed by atoms with Gasteiger partial charge in [0, 0.05) is 22.9 Å². The van der Waals surface area contributed by atoms with Gasteiger partial charge in [-0.25, -0.2) is 0 Å². The summed E-state index contributed by atoms with van der Waals surface area (Å²) in [7, 11) is 0. The zero-order chi connectivity index (χ0) is 11.4. The van der Waals surface area contributed by atoms with Gasteiger partial charge in [0.15, 0.2) is 0 Å². The number of halogens is 2. The van der Waals surface area contributed by atoms with E-state index in [-0.39, 0.29) is 0 Å². The Labute approximate surface area is 114 Å². The second-order valence-electron chi connectivity index (χ2n) is 4.32. The molecule has 1 aromatic carbocycles. The molecule has 1 aliphatic heterocycles. The van der Waals surface area contributed by atoms with Crippen LogP contribution in [-0.4, -0.2) is 13.1 Å². The normalized spacial score (nSPS) is 17.2. The van der Waals surface area contributed by atoms with Crippen LogP contribution in [0.2, 0.25) is 0 Å². The number of nitrogens with zero attached hydrogens (tertiary/aromatic N) is 1. The van der Waals surface area contributed by atoms with E-state index in [1.807, 2.05) is 0 Å². The third-order valence-electron chi connectivity index (χ3n) is 3.11. The molecule has 0 N–H and O–H groups in total. The molecule has 0 spiro atoms. The molecule has 0 radical (unpaired) electrons. The predicted octanol–water partition coefficient (Wildman–Crippen LogP) is 4.72. The highest BCUT2D eigenvalue weighted by Gasteiger charge is 2.12. The van der Waals surface area contributed by atoms with E-state index >= 15 is 0 Å². The minimum atomic E-state index is 0.922. The van der Waals surface area contributed by atoms with E-state index in [4.69, 9.17) is 0 Å². The maximum atomic E-state index is 3.69. The molecular weight excluding hydrogens is 330 g/mol. The van der Waals surface area contributed by atoms with Crippen LogP contribution in [0.25, 0.3) is 0 Å². The van der Waals surface area contributed by atoms with Crippen molar-refractivity contribution in [3.05, 3.63) is 28.2 Å². The summed E-state index contributed by atoms with van der Waals surface area (Å²) in [6, 6.07) is 6.67. The molecule has 0 unspecified atom stereocenters. The lowest BCUT2D eigenvalue weighted by Crippen LogP contribution is -2.24. The highest BCUT2D eigenvalue weighted by Crippen LogP contribution is 2.29. The molecule has 1 aromatic rings. The van der Waals surface area contributed by atoms with Gasteiger partial charge in [-0.1, -0.05) is 34.8 Å². The van der Waals surface area contributed by atoms with Crippen molar-refractivity contribution in [2.75, 3.05) is 18.0 Å². The van der Waals surface area contributed by atoms with Crippen LogP contribution in [0.4, 0.5) is 5.69 Å². The standard InChI is InChI=1S/C13H17Br2N/c14-10-11-5-6-13(12(15)9-11)16-7-3-1-2-4-8-16/h5-6,9H,1-4,7-8,10H2. The molecule has 3 heteroatoms. The summed E-state index contributed by atoms with van der Waals surface area (Å²) in [4.78, 5) is 2.51. The van der Waals surface area contributed by atoms with Gasteiger partial charge in [0.25, 0.3) is 0 Å². The number of rotatable bonds is 2. The Hall–Kier alpha value is -0.0200. The summed E-state index contributed by atoms with van der Waals surface area (Å²) in [5, 5.41) is 0.922. The third kappa shape index (κ3) is 3.01. The molecule has 0 amide bonds. The molecule has 0 atom stereocenters. The molecule has 1 nitrogen and oxygen atoms in total. The lowest BCUT2D eigenvalue weighted by Gasteiger charge is -2.24. The molecule has 2 rings (SSSR count). The Morgan fingerprint density at radius 2 is 1.75 bits per heavy atom. The number of hydrogen-bond donors (Lipinski definition) is 0. The first-order valence-electron chi connectivity index (χ1n) is 5.90. The minimum Gasteiger partial charge on any atom is -0.371 e. The van der Waals surface area contributed by atoms with Crippen molar-refractivity contribution in [3.8, 4) is 0 Å². The van der Waals surface area contributed by atoms with Gasteiger partial charge in [-0.3, -0.25) is 0 Å². The topological polar surface area (TPSA) is 3.24 Å². The van der Waals surface area contributed by atoms with E-state index in [9.17, 15) is 0 Å². The van der Waals surface area contributed by atoms with Gasteiger partial charge in [0.05, 0.1) is 5.69 Å². The second kappa shape index (κ2) is 6.06. The third-order valence-corrected chi connectivity index (χ3v) is 4.40. The van der Waals surface area contributed by atoms with Crippen LogP contribution >= 0.6 is 31.9 Å². The van der Waals surface area contributed by atoms with Gasteiger partial charge < -0.3 is 4.90 Å². The van der Waals surface area contributed by atoms with E-state index in [2.05, 4.69) is 55.0 Å². The molecule has 16 heavy (non-hydrogen) atoms.